The first-order valence-electron chi connectivity index (χ1n) is 5.07. The number of β-amino-alcohol motifs (C(OH)–C–C–N with tert-alkyl or cyclic N) is 1. The summed E-state index contributed by atoms with van der Waals surface area (Å²) in [5, 5.41) is 18.6. The molecule has 0 aliphatic carbocycles. The maximum absolute atomic E-state index is 11.6. The SMILES string of the molecule is CC(C)(C)OC(=O)N1CCC(O)(CO)C1. The Hall–Kier alpha value is -0.810. The number of amides is 1. The third-order valence-electron chi connectivity index (χ3n) is 2.28. The molecule has 1 rings (SSSR count). The quantitative estimate of drug-likeness (QED) is 0.665. The zero-order chi connectivity index (χ0) is 11.7. The summed E-state index contributed by atoms with van der Waals surface area (Å²) in [5.74, 6) is 0. The molecule has 0 saturated carbocycles. The summed E-state index contributed by atoms with van der Waals surface area (Å²) < 4.78 is 5.15. The molecule has 0 aromatic rings. The van der Waals surface area contributed by atoms with Gasteiger partial charge in [0, 0.05) is 6.54 Å². The van der Waals surface area contributed by atoms with E-state index in [1.165, 1.54) is 4.90 Å². The van der Waals surface area contributed by atoms with Crippen LogP contribution in [0.5, 0.6) is 0 Å². The normalized spacial score (nSPS) is 26.9. The minimum absolute atomic E-state index is 0.137. The molecule has 5 nitrogen and oxygen atoms in total. The molecular weight excluding hydrogens is 198 g/mol. The van der Waals surface area contributed by atoms with Gasteiger partial charge in [-0.15, -0.1) is 0 Å². The van der Waals surface area contributed by atoms with Gasteiger partial charge in [0.25, 0.3) is 0 Å². The Kier molecular flexibility index (Phi) is 3.25. The number of rotatable bonds is 1. The number of likely N-dealkylation sites (tertiary alicyclic amines) is 1. The Morgan fingerprint density at radius 1 is 1.53 bits per heavy atom. The molecule has 0 radical (unpaired) electrons. The molecule has 88 valence electrons. The largest absolute Gasteiger partial charge is 0.444 e. The molecule has 1 aliphatic heterocycles. The van der Waals surface area contributed by atoms with Crippen molar-refractivity contribution in [2.24, 2.45) is 0 Å². The second-order valence-corrected chi connectivity index (χ2v) is 5.03. The zero-order valence-electron chi connectivity index (χ0n) is 9.49. The molecule has 1 saturated heterocycles. The molecule has 1 unspecified atom stereocenters. The molecule has 1 fully saturated rings. The third-order valence-corrected chi connectivity index (χ3v) is 2.28. The van der Waals surface area contributed by atoms with E-state index < -0.39 is 17.3 Å². The van der Waals surface area contributed by atoms with E-state index in [1.807, 2.05) is 0 Å². The van der Waals surface area contributed by atoms with E-state index in [2.05, 4.69) is 0 Å². The van der Waals surface area contributed by atoms with Gasteiger partial charge in [-0.2, -0.15) is 0 Å². The summed E-state index contributed by atoms with van der Waals surface area (Å²) in [5.41, 5.74) is -1.69. The highest BCUT2D eigenvalue weighted by molar-refractivity contribution is 5.68. The van der Waals surface area contributed by atoms with Gasteiger partial charge in [-0.3, -0.25) is 0 Å². The van der Waals surface area contributed by atoms with E-state index in [-0.39, 0.29) is 13.2 Å². The first kappa shape index (κ1) is 12.3. The maximum atomic E-state index is 11.6. The van der Waals surface area contributed by atoms with Crippen molar-refractivity contribution in [2.45, 2.75) is 38.4 Å². The third kappa shape index (κ3) is 3.35. The van der Waals surface area contributed by atoms with Crippen LogP contribution in [-0.4, -0.2) is 52.1 Å². The first-order chi connectivity index (χ1) is 6.76. The van der Waals surface area contributed by atoms with Gasteiger partial charge in [0.05, 0.1) is 13.2 Å². The van der Waals surface area contributed by atoms with Gasteiger partial charge in [-0.25, -0.2) is 4.79 Å². The van der Waals surface area contributed by atoms with Crippen LogP contribution in [-0.2, 0) is 4.74 Å². The van der Waals surface area contributed by atoms with Crippen molar-refractivity contribution >= 4 is 6.09 Å². The van der Waals surface area contributed by atoms with Crippen molar-refractivity contribution in [3.63, 3.8) is 0 Å². The highest BCUT2D eigenvalue weighted by Gasteiger charge is 2.39. The average Bonchev–Trinajstić information content (AvgIpc) is 2.46. The Balaban J connectivity index is 2.51. The molecule has 1 aliphatic rings. The number of aliphatic hydroxyl groups excluding tert-OH is 1. The summed E-state index contributed by atoms with van der Waals surface area (Å²) in [4.78, 5) is 13.0. The van der Waals surface area contributed by atoms with Gasteiger partial charge in [0.1, 0.15) is 11.2 Å². The molecule has 15 heavy (non-hydrogen) atoms. The number of hydrogen-bond donors (Lipinski definition) is 2. The topological polar surface area (TPSA) is 70.0 Å². The molecule has 0 spiro atoms. The lowest BCUT2D eigenvalue weighted by molar-refractivity contribution is -0.0123. The van der Waals surface area contributed by atoms with Crippen molar-refractivity contribution < 1.29 is 19.7 Å². The van der Waals surface area contributed by atoms with Crippen LogP contribution >= 0.6 is 0 Å². The molecule has 1 heterocycles. The summed E-state index contributed by atoms with van der Waals surface area (Å²) in [7, 11) is 0. The van der Waals surface area contributed by atoms with Crippen LogP contribution in [0.2, 0.25) is 0 Å². The van der Waals surface area contributed by atoms with Crippen LogP contribution in [0, 0.1) is 0 Å². The van der Waals surface area contributed by atoms with Crippen LogP contribution in [0.4, 0.5) is 4.79 Å². The van der Waals surface area contributed by atoms with E-state index in [9.17, 15) is 9.90 Å². The lowest BCUT2D eigenvalue weighted by Gasteiger charge is -2.25. The molecule has 0 aromatic carbocycles. The Morgan fingerprint density at radius 3 is 2.53 bits per heavy atom. The predicted octanol–water partition coefficient (Wildman–Crippen LogP) is 0.351. The smallest absolute Gasteiger partial charge is 0.410 e. The van der Waals surface area contributed by atoms with E-state index in [1.54, 1.807) is 20.8 Å². The minimum atomic E-state index is -1.16. The fraction of sp³-hybridized carbons (Fsp3) is 0.900. The fourth-order valence-corrected chi connectivity index (χ4v) is 1.47. The van der Waals surface area contributed by atoms with E-state index in [0.717, 1.165) is 0 Å². The van der Waals surface area contributed by atoms with Gasteiger partial charge in [0.2, 0.25) is 0 Å². The van der Waals surface area contributed by atoms with Crippen molar-refractivity contribution in [2.75, 3.05) is 19.7 Å². The lowest BCUT2D eigenvalue weighted by Crippen LogP contribution is -2.40. The van der Waals surface area contributed by atoms with Gasteiger partial charge >= 0.3 is 6.09 Å². The summed E-state index contributed by atoms with van der Waals surface area (Å²) in [6, 6.07) is 0. The molecule has 2 N–H and O–H groups in total. The molecule has 1 atom stereocenters. The second kappa shape index (κ2) is 3.98. The molecule has 1 amide bonds. The van der Waals surface area contributed by atoms with Crippen LogP contribution in [0.25, 0.3) is 0 Å². The zero-order valence-corrected chi connectivity index (χ0v) is 9.49. The molecule has 0 bridgehead atoms. The van der Waals surface area contributed by atoms with Crippen molar-refractivity contribution in [3.05, 3.63) is 0 Å². The highest BCUT2D eigenvalue weighted by atomic mass is 16.6. The van der Waals surface area contributed by atoms with Crippen molar-refractivity contribution in [3.8, 4) is 0 Å². The maximum Gasteiger partial charge on any atom is 0.410 e. The Labute approximate surface area is 89.6 Å². The lowest BCUT2D eigenvalue weighted by atomic mass is 10.1. The molecule has 0 aromatic heterocycles. The van der Waals surface area contributed by atoms with E-state index in [4.69, 9.17) is 9.84 Å². The van der Waals surface area contributed by atoms with E-state index >= 15 is 0 Å². The molecular formula is C10H19NO4. The standard InChI is InChI=1S/C10H19NO4/c1-9(2,3)15-8(13)11-5-4-10(14,6-11)7-12/h12,14H,4-7H2,1-3H3. The van der Waals surface area contributed by atoms with Gasteiger partial charge in [-0.05, 0) is 27.2 Å². The number of carbonyl (C=O) groups is 1. The monoisotopic (exact) mass is 217 g/mol. The van der Waals surface area contributed by atoms with Gasteiger partial charge in [-0.1, -0.05) is 0 Å². The van der Waals surface area contributed by atoms with Crippen LogP contribution < -0.4 is 0 Å². The highest BCUT2D eigenvalue weighted by Crippen LogP contribution is 2.22. The minimum Gasteiger partial charge on any atom is -0.444 e. The van der Waals surface area contributed by atoms with E-state index in [0.29, 0.717) is 13.0 Å². The summed E-state index contributed by atoms with van der Waals surface area (Å²) in [6.45, 7) is 5.61. The van der Waals surface area contributed by atoms with Crippen LogP contribution in [0.15, 0.2) is 0 Å². The van der Waals surface area contributed by atoms with Crippen LogP contribution in [0.1, 0.15) is 27.2 Å². The number of hydrogen-bond acceptors (Lipinski definition) is 4. The average molecular weight is 217 g/mol. The van der Waals surface area contributed by atoms with Crippen molar-refractivity contribution in [1.29, 1.82) is 0 Å². The number of aliphatic hydroxyl groups is 2. The Morgan fingerprint density at radius 2 is 2.13 bits per heavy atom. The first-order valence-corrected chi connectivity index (χ1v) is 5.07. The number of carbonyl (C=O) groups excluding carboxylic acids is 1. The second-order valence-electron chi connectivity index (χ2n) is 5.03. The summed E-state index contributed by atoms with van der Waals surface area (Å²) in [6.07, 6.45) is -0.0465. The number of ether oxygens (including phenoxy) is 1. The summed E-state index contributed by atoms with van der Waals surface area (Å²) >= 11 is 0. The van der Waals surface area contributed by atoms with Gasteiger partial charge < -0.3 is 19.8 Å². The Bertz CT molecular complexity index is 248. The van der Waals surface area contributed by atoms with Gasteiger partial charge in [0.15, 0.2) is 0 Å². The van der Waals surface area contributed by atoms with Crippen molar-refractivity contribution in [1.82, 2.24) is 4.90 Å². The predicted molar refractivity (Wildman–Crippen MR) is 54.5 cm³/mol. The number of nitrogens with zero attached hydrogens (tertiary/aromatic N) is 1. The molecule has 5 heteroatoms. The fourth-order valence-electron chi connectivity index (χ4n) is 1.47. The van der Waals surface area contributed by atoms with Crippen LogP contribution in [0.3, 0.4) is 0 Å².